The number of rotatable bonds is 10. The Balaban J connectivity index is 0.000000930. The molecule has 0 atom stereocenters. The molecule has 4 aromatic rings. The van der Waals surface area contributed by atoms with E-state index in [2.05, 4.69) is 99.5 Å². The van der Waals surface area contributed by atoms with E-state index < -0.39 is 0 Å². The zero-order chi connectivity index (χ0) is 33.9. The van der Waals surface area contributed by atoms with Crippen LogP contribution in [0.15, 0.2) is 109 Å². The molecule has 0 aliphatic carbocycles. The number of likely N-dealkylation sites (tertiary alicyclic amines) is 1. The summed E-state index contributed by atoms with van der Waals surface area (Å²) in [4.78, 5) is 4.80. The summed E-state index contributed by atoms with van der Waals surface area (Å²) >= 11 is 0. The Bertz CT molecular complexity index is 1650. The van der Waals surface area contributed by atoms with Crippen LogP contribution in [0.1, 0.15) is 80.3 Å². The second-order valence-electron chi connectivity index (χ2n) is 13.2. The molecule has 4 aromatic carbocycles. The van der Waals surface area contributed by atoms with Crippen LogP contribution in [0.5, 0.6) is 0 Å². The molecule has 2 nitrogen and oxygen atoms in total. The summed E-state index contributed by atoms with van der Waals surface area (Å²) in [5.74, 6) is 0.815. The van der Waals surface area contributed by atoms with Crippen LogP contribution in [0.2, 0.25) is 0 Å². The summed E-state index contributed by atoms with van der Waals surface area (Å²) in [5.41, 5.74) is 9.92. The van der Waals surface area contributed by atoms with Gasteiger partial charge in [0.1, 0.15) is 11.6 Å². The maximum atomic E-state index is 14.0. The highest BCUT2D eigenvalue weighted by molar-refractivity contribution is 5.81. The van der Waals surface area contributed by atoms with E-state index in [0.717, 1.165) is 72.0 Å². The highest BCUT2D eigenvalue weighted by Crippen LogP contribution is 2.34. The topological polar surface area (TPSA) is 6.48 Å². The summed E-state index contributed by atoms with van der Waals surface area (Å²) in [7, 11) is 0. The molecule has 248 valence electrons. The van der Waals surface area contributed by atoms with E-state index in [1.807, 2.05) is 19.1 Å². The Morgan fingerprint density at radius 3 is 2.11 bits per heavy atom. The van der Waals surface area contributed by atoms with Crippen molar-refractivity contribution in [1.29, 1.82) is 0 Å². The van der Waals surface area contributed by atoms with Crippen molar-refractivity contribution in [3.05, 3.63) is 154 Å². The zero-order valence-corrected chi connectivity index (χ0v) is 29.2. The van der Waals surface area contributed by atoms with Gasteiger partial charge in [-0.15, -0.1) is 0 Å². The van der Waals surface area contributed by atoms with E-state index >= 15 is 0 Å². The molecule has 0 spiro atoms. The van der Waals surface area contributed by atoms with Crippen molar-refractivity contribution in [3.63, 3.8) is 0 Å². The largest absolute Gasteiger partial charge is 0.341 e. The third-order valence-corrected chi connectivity index (χ3v) is 9.27. The van der Waals surface area contributed by atoms with Gasteiger partial charge in [0.05, 0.1) is 0 Å². The van der Waals surface area contributed by atoms with Gasteiger partial charge in [-0.3, -0.25) is 4.90 Å². The number of hydrogen-bond acceptors (Lipinski definition) is 2. The van der Waals surface area contributed by atoms with Gasteiger partial charge in [-0.25, -0.2) is 8.78 Å². The van der Waals surface area contributed by atoms with Gasteiger partial charge in [-0.1, -0.05) is 101 Å². The molecule has 1 saturated heterocycles. The second kappa shape index (κ2) is 17.2. The minimum atomic E-state index is -0.219. The number of para-hydroxylation sites is 1. The van der Waals surface area contributed by atoms with Gasteiger partial charge in [0, 0.05) is 30.4 Å². The van der Waals surface area contributed by atoms with Crippen molar-refractivity contribution in [1.82, 2.24) is 4.90 Å². The lowest BCUT2D eigenvalue weighted by Gasteiger charge is -2.38. The van der Waals surface area contributed by atoms with Crippen LogP contribution in [0, 0.1) is 37.3 Å². The summed E-state index contributed by atoms with van der Waals surface area (Å²) in [5, 5.41) is 0. The van der Waals surface area contributed by atoms with Crippen LogP contribution in [0.25, 0.3) is 5.57 Å². The number of anilines is 1. The average Bonchev–Trinajstić information content (AvgIpc) is 3.06. The number of nitrogens with zero attached hydrogens (tertiary/aromatic N) is 2. The Kier molecular flexibility index (Phi) is 13.1. The van der Waals surface area contributed by atoms with E-state index in [-0.39, 0.29) is 11.6 Å². The van der Waals surface area contributed by atoms with Gasteiger partial charge in [0.15, 0.2) is 0 Å². The highest BCUT2D eigenvalue weighted by Gasteiger charge is 2.26. The number of halogens is 2. The third kappa shape index (κ3) is 9.98. The predicted molar refractivity (Wildman–Crippen MR) is 196 cm³/mol. The first kappa shape index (κ1) is 35.8. The molecule has 0 saturated carbocycles. The molecule has 1 aliphatic heterocycles. The van der Waals surface area contributed by atoms with E-state index in [1.165, 1.54) is 35.2 Å². The van der Waals surface area contributed by atoms with E-state index in [9.17, 15) is 8.78 Å². The van der Waals surface area contributed by atoms with E-state index in [1.54, 1.807) is 24.3 Å². The highest BCUT2D eigenvalue weighted by atomic mass is 19.1. The second-order valence-corrected chi connectivity index (χ2v) is 13.2. The lowest BCUT2D eigenvalue weighted by atomic mass is 9.91. The average molecular weight is 635 g/mol. The first-order chi connectivity index (χ1) is 22.6. The molecule has 4 heteroatoms. The summed E-state index contributed by atoms with van der Waals surface area (Å²) in [6.07, 6.45) is 5.43. The zero-order valence-electron chi connectivity index (χ0n) is 29.2. The van der Waals surface area contributed by atoms with Gasteiger partial charge in [-0.2, -0.15) is 0 Å². The Labute approximate surface area is 282 Å². The maximum absolute atomic E-state index is 14.0. The number of hydrogen-bond donors (Lipinski definition) is 0. The van der Waals surface area contributed by atoms with Crippen molar-refractivity contribution in [2.45, 2.75) is 73.9 Å². The number of allylic oxidation sites excluding steroid dienone is 2. The number of piperidine rings is 1. The first-order valence-electron chi connectivity index (χ1n) is 17.1. The van der Waals surface area contributed by atoms with Gasteiger partial charge in [0.2, 0.25) is 0 Å². The third-order valence-electron chi connectivity index (χ3n) is 9.27. The fourth-order valence-corrected chi connectivity index (χ4v) is 6.19. The monoisotopic (exact) mass is 634 g/mol. The van der Waals surface area contributed by atoms with Gasteiger partial charge in [-0.05, 0) is 122 Å². The molecule has 47 heavy (non-hydrogen) atoms. The number of benzene rings is 4. The van der Waals surface area contributed by atoms with Crippen molar-refractivity contribution in [2.24, 2.45) is 11.8 Å². The summed E-state index contributed by atoms with van der Waals surface area (Å²) in [6.45, 7) is 21.0. The molecule has 0 aromatic heterocycles. The van der Waals surface area contributed by atoms with Crippen molar-refractivity contribution >= 4 is 11.3 Å². The smallest absolute Gasteiger partial charge is 0.123 e. The summed E-state index contributed by atoms with van der Waals surface area (Å²) < 4.78 is 27.9. The van der Waals surface area contributed by atoms with Crippen molar-refractivity contribution in [2.75, 3.05) is 18.0 Å². The molecule has 1 aliphatic rings. The fourth-order valence-electron chi connectivity index (χ4n) is 6.19. The van der Waals surface area contributed by atoms with Gasteiger partial charge >= 0.3 is 0 Å². The Morgan fingerprint density at radius 1 is 0.851 bits per heavy atom. The quantitative estimate of drug-likeness (QED) is 0.171. The lowest BCUT2D eigenvalue weighted by molar-refractivity contribution is 0.190. The molecule has 1 fully saturated rings. The predicted octanol–water partition coefficient (Wildman–Crippen LogP) is 11.5. The van der Waals surface area contributed by atoms with Crippen LogP contribution < -0.4 is 4.90 Å². The van der Waals surface area contributed by atoms with E-state index in [4.69, 9.17) is 0 Å². The lowest BCUT2D eigenvalue weighted by Crippen LogP contribution is -2.37. The standard InChI is InChI=1S/C38H40F2N2.C5H12/c1-5-36(33-12-9-14-35(40)24-33)37-17-16-31(22-28(37)3)25-41-20-18-32(19-21-41)29(4)42(38-15-7-6-10-27(38)2)26-30-11-8-13-34(39)23-30;1-4-5(2)3/h5-17,22-24,32H,4,18-21,25-26H2,1-3H3;5H,4H2,1-3H3/b36-5-;. The molecule has 1 heterocycles. The minimum Gasteiger partial charge on any atom is -0.341 e. The molecular formula is C43H52F2N2. The fraction of sp³-hybridized carbons (Fsp3) is 0.349. The van der Waals surface area contributed by atoms with Crippen LogP contribution >= 0.6 is 0 Å². The first-order valence-corrected chi connectivity index (χ1v) is 17.1. The van der Waals surface area contributed by atoms with Crippen LogP contribution in [-0.2, 0) is 13.1 Å². The van der Waals surface area contributed by atoms with Crippen LogP contribution in [-0.4, -0.2) is 18.0 Å². The molecule has 0 radical (unpaired) electrons. The Morgan fingerprint density at radius 2 is 1.51 bits per heavy atom. The minimum absolute atomic E-state index is 0.213. The van der Waals surface area contributed by atoms with Crippen LogP contribution in [0.4, 0.5) is 14.5 Å². The normalized spacial score (nSPS) is 14.1. The molecule has 0 bridgehead atoms. The maximum Gasteiger partial charge on any atom is 0.123 e. The van der Waals surface area contributed by atoms with Gasteiger partial charge < -0.3 is 4.90 Å². The van der Waals surface area contributed by atoms with Crippen molar-refractivity contribution in [3.8, 4) is 0 Å². The van der Waals surface area contributed by atoms with Gasteiger partial charge in [0.25, 0.3) is 0 Å². The molecular weight excluding hydrogens is 582 g/mol. The summed E-state index contributed by atoms with van der Waals surface area (Å²) in [6, 6.07) is 28.7. The number of aryl methyl sites for hydroxylation is 2. The van der Waals surface area contributed by atoms with Crippen molar-refractivity contribution < 1.29 is 8.78 Å². The van der Waals surface area contributed by atoms with E-state index in [0.29, 0.717) is 12.5 Å². The molecule has 0 unspecified atom stereocenters. The molecule has 0 N–H and O–H groups in total. The Hall–Kier alpha value is -4.02. The molecule has 5 rings (SSSR count). The van der Waals surface area contributed by atoms with Crippen LogP contribution in [0.3, 0.4) is 0 Å². The molecule has 0 amide bonds. The SMILES string of the molecule is C=C(C1CCN(Cc2ccc(/C(=C\C)c3cccc(F)c3)c(C)c2)CC1)N(Cc1cccc(F)c1)c1ccccc1C.CCC(C)C.